The molecule has 0 spiro atoms. The lowest BCUT2D eigenvalue weighted by atomic mass is 10.1. The van der Waals surface area contributed by atoms with Crippen LogP contribution >= 0.6 is 0 Å². The Morgan fingerprint density at radius 2 is 1.81 bits per heavy atom. The van der Waals surface area contributed by atoms with E-state index in [1.165, 1.54) is 12.1 Å². The number of benzene rings is 3. The summed E-state index contributed by atoms with van der Waals surface area (Å²) < 4.78 is 13.3. The predicted octanol–water partition coefficient (Wildman–Crippen LogP) is 5.12. The van der Waals surface area contributed by atoms with Crippen molar-refractivity contribution in [3.05, 3.63) is 101 Å². The minimum Gasteiger partial charge on any atom is -0.361 e. The number of fused-ring (bicyclic) bond motifs is 1. The van der Waals surface area contributed by atoms with Crippen LogP contribution in [0.1, 0.15) is 57.8 Å². The molecule has 6 heteroatoms. The first-order valence-corrected chi connectivity index (χ1v) is 10.9. The smallest absolute Gasteiger partial charge is 0.256 e. The Hall–Kier alpha value is -3.67. The highest BCUT2D eigenvalue weighted by atomic mass is 19.1. The monoisotopic (exact) mass is 431 g/mol. The first-order chi connectivity index (χ1) is 15.6. The SMILES string of the molecule is CCCCNC(=O)c1cccc(NC2c3ccccc3C(=O)N2Cc2ccc(F)cc2)c1. The molecule has 1 heterocycles. The van der Waals surface area contributed by atoms with Gasteiger partial charge >= 0.3 is 0 Å². The van der Waals surface area contributed by atoms with E-state index < -0.39 is 6.17 Å². The number of halogens is 1. The van der Waals surface area contributed by atoms with E-state index >= 15 is 0 Å². The molecule has 0 radical (unpaired) electrons. The molecular formula is C26H26FN3O2. The summed E-state index contributed by atoms with van der Waals surface area (Å²) in [5.41, 5.74) is 3.65. The molecule has 1 unspecified atom stereocenters. The van der Waals surface area contributed by atoms with Crippen LogP contribution in [-0.4, -0.2) is 23.3 Å². The van der Waals surface area contributed by atoms with Crippen LogP contribution in [0.5, 0.6) is 0 Å². The van der Waals surface area contributed by atoms with Crippen LogP contribution in [0.15, 0.2) is 72.8 Å². The molecule has 164 valence electrons. The summed E-state index contributed by atoms with van der Waals surface area (Å²) in [4.78, 5) is 27.3. The van der Waals surface area contributed by atoms with Gasteiger partial charge in [-0.2, -0.15) is 0 Å². The summed E-state index contributed by atoms with van der Waals surface area (Å²) in [6, 6.07) is 20.9. The zero-order valence-electron chi connectivity index (χ0n) is 18.0. The van der Waals surface area contributed by atoms with Crippen molar-refractivity contribution in [3.8, 4) is 0 Å². The zero-order valence-corrected chi connectivity index (χ0v) is 18.0. The molecule has 4 rings (SSSR count). The maximum atomic E-state index is 13.3. The van der Waals surface area contributed by atoms with Gasteiger partial charge in [0.25, 0.3) is 11.8 Å². The fourth-order valence-electron chi connectivity index (χ4n) is 3.86. The maximum absolute atomic E-state index is 13.3. The van der Waals surface area contributed by atoms with Gasteiger partial charge < -0.3 is 15.5 Å². The van der Waals surface area contributed by atoms with E-state index in [4.69, 9.17) is 0 Å². The Balaban J connectivity index is 1.58. The Kier molecular flexibility index (Phi) is 6.50. The molecule has 0 saturated carbocycles. The lowest BCUT2D eigenvalue weighted by Gasteiger charge is -2.27. The molecule has 1 aliphatic rings. The van der Waals surface area contributed by atoms with Gasteiger partial charge in [0, 0.05) is 35.5 Å². The fraction of sp³-hybridized carbons (Fsp3) is 0.231. The average molecular weight is 432 g/mol. The molecule has 3 aromatic carbocycles. The van der Waals surface area contributed by atoms with Gasteiger partial charge in [-0.25, -0.2) is 4.39 Å². The Morgan fingerprint density at radius 3 is 2.59 bits per heavy atom. The average Bonchev–Trinajstić information content (AvgIpc) is 3.07. The number of nitrogens with one attached hydrogen (secondary N) is 2. The summed E-state index contributed by atoms with van der Waals surface area (Å²) in [6.07, 6.45) is 1.55. The summed E-state index contributed by atoms with van der Waals surface area (Å²) in [6.45, 7) is 3.06. The molecule has 0 saturated heterocycles. The Bertz CT molecular complexity index is 1110. The largest absolute Gasteiger partial charge is 0.361 e. The third-order valence-electron chi connectivity index (χ3n) is 5.57. The van der Waals surface area contributed by atoms with Crippen molar-refractivity contribution in [2.75, 3.05) is 11.9 Å². The molecule has 1 atom stereocenters. The van der Waals surface area contributed by atoms with Crippen LogP contribution < -0.4 is 10.6 Å². The van der Waals surface area contributed by atoms with E-state index in [9.17, 15) is 14.0 Å². The molecule has 32 heavy (non-hydrogen) atoms. The maximum Gasteiger partial charge on any atom is 0.256 e. The highest BCUT2D eigenvalue weighted by molar-refractivity contribution is 5.99. The number of carbonyl (C=O) groups excluding carboxylic acids is 2. The number of amides is 2. The second-order valence-electron chi connectivity index (χ2n) is 7.88. The fourth-order valence-corrected chi connectivity index (χ4v) is 3.86. The standard InChI is InChI=1S/C26H26FN3O2/c1-2-3-15-28-25(31)19-7-6-8-21(16-19)29-24-22-9-4-5-10-23(22)26(32)30(24)17-18-11-13-20(27)14-12-18/h4-14,16,24,29H,2-3,15,17H2,1H3,(H,28,31). The van der Waals surface area contributed by atoms with Gasteiger partial charge in [0.05, 0.1) is 0 Å². The second-order valence-corrected chi connectivity index (χ2v) is 7.88. The van der Waals surface area contributed by atoms with Crippen LogP contribution in [0.4, 0.5) is 10.1 Å². The number of rotatable bonds is 8. The lowest BCUT2D eigenvalue weighted by Crippen LogP contribution is -2.32. The van der Waals surface area contributed by atoms with Gasteiger partial charge in [-0.05, 0) is 48.4 Å². The van der Waals surface area contributed by atoms with Crippen LogP contribution in [0.3, 0.4) is 0 Å². The number of hydrogen-bond acceptors (Lipinski definition) is 3. The van der Waals surface area contributed by atoms with E-state index in [1.54, 1.807) is 29.2 Å². The van der Waals surface area contributed by atoms with Gasteiger partial charge in [0.2, 0.25) is 0 Å². The third-order valence-corrected chi connectivity index (χ3v) is 5.57. The van der Waals surface area contributed by atoms with Crippen molar-refractivity contribution in [2.45, 2.75) is 32.5 Å². The van der Waals surface area contributed by atoms with Gasteiger partial charge in [-0.15, -0.1) is 0 Å². The van der Waals surface area contributed by atoms with Gasteiger partial charge in [0.15, 0.2) is 0 Å². The van der Waals surface area contributed by atoms with E-state index in [1.807, 2.05) is 36.4 Å². The Morgan fingerprint density at radius 1 is 1.03 bits per heavy atom. The number of anilines is 1. The van der Waals surface area contributed by atoms with Crippen LogP contribution in [-0.2, 0) is 6.54 Å². The molecule has 1 aliphatic heterocycles. The molecule has 0 fully saturated rings. The molecule has 5 nitrogen and oxygen atoms in total. The summed E-state index contributed by atoms with van der Waals surface area (Å²) in [7, 11) is 0. The highest BCUT2D eigenvalue weighted by Gasteiger charge is 2.36. The van der Waals surface area contributed by atoms with Crippen LogP contribution in [0, 0.1) is 5.82 Å². The summed E-state index contributed by atoms with van der Waals surface area (Å²) in [5.74, 6) is -0.516. The van der Waals surface area contributed by atoms with E-state index in [2.05, 4.69) is 17.6 Å². The molecule has 3 aromatic rings. The summed E-state index contributed by atoms with van der Waals surface area (Å²) >= 11 is 0. The summed E-state index contributed by atoms with van der Waals surface area (Å²) in [5, 5.41) is 6.35. The van der Waals surface area contributed by atoms with Crippen molar-refractivity contribution < 1.29 is 14.0 Å². The number of nitrogens with zero attached hydrogens (tertiary/aromatic N) is 1. The highest BCUT2D eigenvalue weighted by Crippen LogP contribution is 2.35. The van der Waals surface area contributed by atoms with Crippen molar-refractivity contribution in [3.63, 3.8) is 0 Å². The molecule has 2 N–H and O–H groups in total. The normalized spacial score (nSPS) is 14.9. The van der Waals surface area contributed by atoms with Crippen molar-refractivity contribution in [1.29, 1.82) is 0 Å². The van der Waals surface area contributed by atoms with Crippen molar-refractivity contribution in [1.82, 2.24) is 10.2 Å². The topological polar surface area (TPSA) is 61.4 Å². The predicted molar refractivity (Wildman–Crippen MR) is 123 cm³/mol. The number of unbranched alkanes of at least 4 members (excludes halogenated alkanes) is 1. The molecule has 0 bridgehead atoms. The first kappa shape index (κ1) is 21.6. The lowest BCUT2D eigenvalue weighted by molar-refractivity contribution is 0.0728. The van der Waals surface area contributed by atoms with Crippen LogP contribution in [0.2, 0.25) is 0 Å². The molecular weight excluding hydrogens is 405 g/mol. The first-order valence-electron chi connectivity index (χ1n) is 10.9. The number of carbonyl (C=O) groups is 2. The second kappa shape index (κ2) is 9.64. The molecule has 2 amide bonds. The minimum atomic E-state index is -0.401. The van der Waals surface area contributed by atoms with E-state index in [-0.39, 0.29) is 17.6 Å². The van der Waals surface area contributed by atoms with Crippen LogP contribution in [0.25, 0.3) is 0 Å². The molecule has 0 aromatic heterocycles. The van der Waals surface area contributed by atoms with Crippen molar-refractivity contribution >= 4 is 17.5 Å². The zero-order chi connectivity index (χ0) is 22.5. The number of hydrogen-bond donors (Lipinski definition) is 2. The van der Waals surface area contributed by atoms with E-state index in [0.717, 1.165) is 29.7 Å². The third kappa shape index (κ3) is 4.64. The minimum absolute atomic E-state index is 0.0871. The Labute approximate surface area is 187 Å². The van der Waals surface area contributed by atoms with Gasteiger partial charge in [-0.3, -0.25) is 9.59 Å². The quantitative estimate of drug-likeness (QED) is 0.487. The molecule has 0 aliphatic carbocycles. The van der Waals surface area contributed by atoms with Gasteiger partial charge in [-0.1, -0.05) is 49.7 Å². The van der Waals surface area contributed by atoms with E-state index in [0.29, 0.717) is 24.2 Å². The van der Waals surface area contributed by atoms with Crippen molar-refractivity contribution in [2.24, 2.45) is 0 Å². The van der Waals surface area contributed by atoms with Gasteiger partial charge in [0.1, 0.15) is 12.0 Å².